The maximum atomic E-state index is 9.19. The molecule has 0 radical (unpaired) electrons. The lowest BCUT2D eigenvalue weighted by molar-refractivity contribution is 0.198. The molecule has 0 spiro atoms. The summed E-state index contributed by atoms with van der Waals surface area (Å²) in [4.78, 5) is 0. The Kier molecular flexibility index (Phi) is 5.56. The minimum atomic E-state index is 0.349. The summed E-state index contributed by atoms with van der Waals surface area (Å²) in [5, 5.41) is 9.19. The van der Waals surface area contributed by atoms with Gasteiger partial charge < -0.3 is 9.84 Å². The van der Waals surface area contributed by atoms with Gasteiger partial charge in [0.1, 0.15) is 5.75 Å². The fraction of sp³-hybridized carbons (Fsp3) is 0.385. The predicted octanol–water partition coefficient (Wildman–Crippen LogP) is 2.92. The lowest BCUT2D eigenvalue weighted by Crippen LogP contribution is -1.79. The molecule has 0 saturated carbocycles. The Labute approximate surface area is 91.2 Å². The number of rotatable bonds is 2. The van der Waals surface area contributed by atoms with Crippen molar-refractivity contribution in [1.82, 2.24) is 0 Å². The van der Waals surface area contributed by atoms with E-state index in [1.807, 2.05) is 18.2 Å². The smallest absolute Gasteiger partial charge is 0.119 e. The topological polar surface area (TPSA) is 29.5 Å². The van der Waals surface area contributed by atoms with Gasteiger partial charge in [-0.15, -0.1) is 6.58 Å². The van der Waals surface area contributed by atoms with E-state index in [4.69, 9.17) is 4.74 Å². The molecule has 1 aliphatic rings. The second-order valence-electron chi connectivity index (χ2n) is 3.44. The maximum absolute atomic E-state index is 9.19. The average Bonchev–Trinajstić information content (AvgIpc) is 2.80. The van der Waals surface area contributed by atoms with Crippen LogP contribution < -0.4 is 0 Å². The summed E-state index contributed by atoms with van der Waals surface area (Å²) in [6, 6.07) is 7.27. The summed E-state index contributed by atoms with van der Waals surface area (Å²) in [6.45, 7) is 5.59. The first-order valence-electron chi connectivity index (χ1n) is 5.30. The Hall–Kier alpha value is -1.28. The lowest BCUT2D eigenvalue weighted by atomic mass is 10.1. The molecule has 1 heterocycles. The average molecular weight is 206 g/mol. The summed E-state index contributed by atoms with van der Waals surface area (Å²) < 4.78 is 4.94. The summed E-state index contributed by atoms with van der Waals surface area (Å²) in [7, 11) is 0. The molecule has 15 heavy (non-hydrogen) atoms. The van der Waals surface area contributed by atoms with Gasteiger partial charge in [-0.3, -0.25) is 0 Å². The van der Waals surface area contributed by atoms with Crippen molar-refractivity contribution in [2.75, 3.05) is 13.2 Å². The van der Waals surface area contributed by atoms with Crippen molar-refractivity contribution in [3.63, 3.8) is 0 Å². The highest BCUT2D eigenvalue weighted by atomic mass is 16.5. The van der Waals surface area contributed by atoms with E-state index < -0.39 is 0 Å². The van der Waals surface area contributed by atoms with Gasteiger partial charge in [-0.1, -0.05) is 24.3 Å². The van der Waals surface area contributed by atoms with Gasteiger partial charge in [-0.2, -0.15) is 0 Å². The molecule has 82 valence electrons. The molecule has 2 rings (SSSR count). The quantitative estimate of drug-likeness (QED) is 0.754. The third-order valence-electron chi connectivity index (χ3n) is 2.18. The fourth-order valence-corrected chi connectivity index (χ4v) is 1.35. The third-order valence-corrected chi connectivity index (χ3v) is 2.18. The van der Waals surface area contributed by atoms with E-state index in [1.165, 1.54) is 12.8 Å². The van der Waals surface area contributed by atoms with Gasteiger partial charge in [-0.05, 0) is 30.9 Å². The van der Waals surface area contributed by atoms with Crippen LogP contribution in [-0.4, -0.2) is 18.3 Å². The zero-order valence-electron chi connectivity index (χ0n) is 8.98. The molecule has 0 bridgehead atoms. The molecule has 1 aromatic rings. The number of para-hydroxylation sites is 1. The van der Waals surface area contributed by atoms with E-state index in [9.17, 15) is 5.11 Å². The Morgan fingerprint density at radius 2 is 1.93 bits per heavy atom. The van der Waals surface area contributed by atoms with Gasteiger partial charge in [0, 0.05) is 13.2 Å². The summed E-state index contributed by atoms with van der Waals surface area (Å²) >= 11 is 0. The van der Waals surface area contributed by atoms with E-state index in [1.54, 1.807) is 12.1 Å². The molecule has 1 fully saturated rings. The van der Waals surface area contributed by atoms with Crippen LogP contribution in [0.25, 0.3) is 0 Å². The highest BCUT2D eigenvalue weighted by Crippen LogP contribution is 2.15. The van der Waals surface area contributed by atoms with Crippen LogP contribution in [0.4, 0.5) is 0 Å². The van der Waals surface area contributed by atoms with E-state index in [0.29, 0.717) is 5.75 Å². The zero-order valence-corrected chi connectivity index (χ0v) is 8.98. The van der Waals surface area contributed by atoms with Gasteiger partial charge >= 0.3 is 0 Å². The molecule has 2 heteroatoms. The third kappa shape index (κ3) is 4.66. The molecule has 0 unspecified atom stereocenters. The van der Waals surface area contributed by atoms with Crippen molar-refractivity contribution < 1.29 is 9.84 Å². The van der Waals surface area contributed by atoms with Crippen LogP contribution in [0.5, 0.6) is 5.75 Å². The number of allylic oxidation sites excluding steroid dienone is 1. The SMILES string of the molecule is C1CCOC1.C=CCc1ccccc1O. The first-order chi connectivity index (χ1) is 7.34. The van der Waals surface area contributed by atoms with Gasteiger partial charge in [0.15, 0.2) is 0 Å². The zero-order chi connectivity index (χ0) is 10.9. The molecule has 1 aromatic carbocycles. The first kappa shape index (κ1) is 11.8. The van der Waals surface area contributed by atoms with Gasteiger partial charge in [-0.25, -0.2) is 0 Å². The van der Waals surface area contributed by atoms with Crippen LogP contribution in [-0.2, 0) is 11.2 Å². The summed E-state index contributed by atoms with van der Waals surface area (Å²) in [6.07, 6.45) is 5.06. The van der Waals surface area contributed by atoms with Crippen molar-refractivity contribution in [1.29, 1.82) is 0 Å². The maximum Gasteiger partial charge on any atom is 0.119 e. The molecule has 0 aliphatic carbocycles. The van der Waals surface area contributed by atoms with Gasteiger partial charge in [0.2, 0.25) is 0 Å². The minimum absolute atomic E-state index is 0.349. The number of benzene rings is 1. The Bertz CT molecular complexity index is 283. The second kappa shape index (κ2) is 7.07. The van der Waals surface area contributed by atoms with Crippen molar-refractivity contribution >= 4 is 0 Å². The highest BCUT2D eigenvalue weighted by Gasteiger charge is 1.95. The highest BCUT2D eigenvalue weighted by molar-refractivity contribution is 5.32. The van der Waals surface area contributed by atoms with Crippen LogP contribution in [0.2, 0.25) is 0 Å². The van der Waals surface area contributed by atoms with Gasteiger partial charge in [0.05, 0.1) is 0 Å². The van der Waals surface area contributed by atoms with Gasteiger partial charge in [0.25, 0.3) is 0 Å². The van der Waals surface area contributed by atoms with Crippen molar-refractivity contribution in [3.05, 3.63) is 42.5 Å². The number of phenols is 1. The van der Waals surface area contributed by atoms with Crippen molar-refractivity contribution in [2.24, 2.45) is 0 Å². The molecule has 1 saturated heterocycles. The summed E-state index contributed by atoms with van der Waals surface area (Å²) in [5.74, 6) is 0.349. The lowest BCUT2D eigenvalue weighted by Gasteiger charge is -1.97. The van der Waals surface area contributed by atoms with Crippen LogP contribution in [0.3, 0.4) is 0 Å². The molecule has 0 amide bonds. The minimum Gasteiger partial charge on any atom is -0.508 e. The summed E-state index contributed by atoms with van der Waals surface area (Å²) in [5.41, 5.74) is 0.928. The number of ether oxygens (including phenoxy) is 1. The first-order valence-corrected chi connectivity index (χ1v) is 5.30. The molecular weight excluding hydrogens is 188 g/mol. The largest absolute Gasteiger partial charge is 0.508 e. The predicted molar refractivity (Wildman–Crippen MR) is 62.1 cm³/mol. The van der Waals surface area contributed by atoms with E-state index in [0.717, 1.165) is 25.2 Å². The monoisotopic (exact) mass is 206 g/mol. The molecule has 2 nitrogen and oxygen atoms in total. The number of hydrogen-bond acceptors (Lipinski definition) is 2. The number of aromatic hydroxyl groups is 1. The van der Waals surface area contributed by atoms with E-state index in [-0.39, 0.29) is 0 Å². The molecule has 1 aliphatic heterocycles. The molecule has 0 atom stereocenters. The Balaban J connectivity index is 0.000000187. The Morgan fingerprint density at radius 1 is 1.27 bits per heavy atom. The van der Waals surface area contributed by atoms with Crippen LogP contribution >= 0.6 is 0 Å². The van der Waals surface area contributed by atoms with E-state index >= 15 is 0 Å². The molecule has 0 aromatic heterocycles. The van der Waals surface area contributed by atoms with E-state index in [2.05, 4.69) is 6.58 Å². The van der Waals surface area contributed by atoms with Crippen LogP contribution in [0, 0.1) is 0 Å². The van der Waals surface area contributed by atoms with Crippen LogP contribution in [0.15, 0.2) is 36.9 Å². The Morgan fingerprint density at radius 3 is 2.40 bits per heavy atom. The van der Waals surface area contributed by atoms with Crippen molar-refractivity contribution in [2.45, 2.75) is 19.3 Å². The number of hydrogen-bond donors (Lipinski definition) is 1. The second-order valence-corrected chi connectivity index (χ2v) is 3.44. The van der Waals surface area contributed by atoms with Crippen molar-refractivity contribution in [3.8, 4) is 5.75 Å². The molecular formula is C13H18O2. The normalized spacial score (nSPS) is 14.1. The number of phenolic OH excluding ortho intramolecular Hbond substituents is 1. The van der Waals surface area contributed by atoms with Crippen LogP contribution in [0.1, 0.15) is 18.4 Å². The fourth-order valence-electron chi connectivity index (χ4n) is 1.35. The molecule has 1 N–H and O–H groups in total. The standard InChI is InChI=1S/C9H10O.C4H8O/c1-2-5-8-6-3-4-7-9(8)10;1-2-4-5-3-1/h2-4,6-7,10H,1,5H2;1-4H2.